The van der Waals surface area contributed by atoms with E-state index in [1.54, 1.807) is 0 Å². The van der Waals surface area contributed by atoms with Gasteiger partial charge in [0.25, 0.3) is 0 Å². The van der Waals surface area contributed by atoms with E-state index in [4.69, 9.17) is 11.3 Å². The van der Waals surface area contributed by atoms with Crippen LogP contribution in [0.4, 0.5) is 27.6 Å². The summed E-state index contributed by atoms with van der Waals surface area (Å²) in [5.74, 6) is -11.2. The number of ether oxygens (including phenoxy) is 1. The second-order valence-corrected chi connectivity index (χ2v) is 7.64. The largest absolute Gasteiger partial charge is 0.458 e. The number of alkyl halides is 4. The van der Waals surface area contributed by atoms with Gasteiger partial charge in [-0.3, -0.25) is 4.79 Å². The number of sulfone groups is 1. The first-order valence-corrected chi connectivity index (χ1v) is 8.99. The monoisotopic (exact) mass is 417 g/mol. The van der Waals surface area contributed by atoms with E-state index in [1.807, 2.05) is 0 Å². The Hall–Kier alpha value is -3.00. The molecular weight excluding hydrogens is 409 g/mol. The van der Waals surface area contributed by atoms with Crippen LogP contribution in [0.2, 0.25) is 0 Å². The van der Waals surface area contributed by atoms with Gasteiger partial charge in [0.2, 0.25) is 21.3 Å². The van der Waals surface area contributed by atoms with E-state index in [0.717, 1.165) is 24.3 Å². The van der Waals surface area contributed by atoms with Gasteiger partial charge in [-0.2, -0.15) is 17.6 Å². The molecule has 0 aliphatic heterocycles. The highest BCUT2D eigenvalue weighted by Crippen LogP contribution is 2.44. The Morgan fingerprint density at radius 2 is 1.86 bits per heavy atom. The zero-order chi connectivity index (χ0) is 20.9. The Labute approximate surface area is 155 Å². The second-order valence-electron chi connectivity index (χ2n) is 5.76. The summed E-state index contributed by atoms with van der Waals surface area (Å²) < 4.78 is 95.8. The molecular formula is C17H8F5NO4S. The number of carbonyl (C=O) groups is 1. The molecule has 0 saturated heterocycles. The zero-order valence-corrected chi connectivity index (χ0v) is 14.4. The van der Waals surface area contributed by atoms with Crippen molar-refractivity contribution in [2.24, 2.45) is 0 Å². The molecule has 2 aromatic rings. The predicted octanol–water partition coefficient (Wildman–Crippen LogP) is 4.54. The summed E-state index contributed by atoms with van der Waals surface area (Å²) in [5.41, 5.74) is -2.05. The number of nitrogens with zero attached hydrogens (tertiary/aromatic N) is 1. The number of rotatable bonds is 4. The number of benzene rings is 2. The first kappa shape index (κ1) is 19.8. The Kier molecular flexibility index (Phi) is 4.63. The van der Waals surface area contributed by atoms with E-state index in [-0.39, 0.29) is 5.75 Å². The fraction of sp³-hybridized carbons (Fsp3) is 0.176. The Morgan fingerprint density at radius 1 is 1.18 bits per heavy atom. The first-order chi connectivity index (χ1) is 13.0. The number of fused-ring (bicyclic) bond motifs is 1. The topological polar surface area (TPSA) is 64.8 Å². The third-order valence-electron chi connectivity index (χ3n) is 4.00. The molecule has 1 aliphatic rings. The first-order valence-electron chi connectivity index (χ1n) is 7.44. The average Bonchev–Trinajstić information content (AvgIpc) is 2.87. The van der Waals surface area contributed by atoms with Crippen LogP contribution >= 0.6 is 0 Å². The van der Waals surface area contributed by atoms with Gasteiger partial charge in [0.1, 0.15) is 17.3 Å². The molecule has 0 bridgehead atoms. The molecule has 1 aliphatic carbocycles. The molecule has 0 radical (unpaired) electrons. The summed E-state index contributed by atoms with van der Waals surface area (Å²) in [6, 6.07) is 4.36. The van der Waals surface area contributed by atoms with Gasteiger partial charge in [-0.1, -0.05) is 0 Å². The summed E-state index contributed by atoms with van der Waals surface area (Å²) in [6.45, 7) is 6.85. The molecule has 5 nitrogen and oxygen atoms in total. The van der Waals surface area contributed by atoms with Gasteiger partial charge in [0, 0.05) is 17.5 Å². The van der Waals surface area contributed by atoms with Gasteiger partial charge in [-0.15, -0.1) is 0 Å². The van der Waals surface area contributed by atoms with E-state index < -0.39 is 67.0 Å². The van der Waals surface area contributed by atoms with Crippen LogP contribution in [0, 0.1) is 12.4 Å². The zero-order valence-electron chi connectivity index (χ0n) is 13.5. The fourth-order valence-corrected chi connectivity index (χ4v) is 3.66. The molecule has 0 N–H and O–H groups in total. The van der Waals surface area contributed by atoms with E-state index in [9.17, 15) is 35.2 Å². The van der Waals surface area contributed by atoms with Crippen molar-refractivity contribution in [3.05, 3.63) is 58.7 Å². The molecule has 3 rings (SSSR count). The van der Waals surface area contributed by atoms with Crippen molar-refractivity contribution in [2.45, 2.75) is 23.0 Å². The molecule has 0 saturated carbocycles. The van der Waals surface area contributed by atoms with Gasteiger partial charge in [0.05, 0.1) is 11.5 Å². The lowest BCUT2D eigenvalue weighted by Crippen LogP contribution is -2.25. The van der Waals surface area contributed by atoms with Crippen LogP contribution in [-0.4, -0.2) is 25.9 Å². The van der Waals surface area contributed by atoms with Crippen molar-refractivity contribution in [3.8, 4) is 11.5 Å². The van der Waals surface area contributed by atoms with Crippen LogP contribution in [0.3, 0.4) is 0 Å². The molecule has 0 unspecified atom stereocenters. The third-order valence-corrected chi connectivity index (χ3v) is 5.42. The number of Topliss-reactive ketones (excluding diaryl/α,β-unsaturated/α-hetero) is 1. The highest BCUT2D eigenvalue weighted by atomic mass is 32.2. The maximum absolute atomic E-state index is 13.9. The Morgan fingerprint density at radius 3 is 2.46 bits per heavy atom. The van der Waals surface area contributed by atoms with Crippen LogP contribution in [0.5, 0.6) is 11.5 Å². The lowest BCUT2D eigenvalue weighted by molar-refractivity contribution is 0.0165. The summed E-state index contributed by atoms with van der Waals surface area (Å²) in [4.78, 5) is 13.6. The number of ketones is 1. The van der Waals surface area contributed by atoms with Crippen LogP contribution in [-0.2, 0) is 16.3 Å². The lowest BCUT2D eigenvalue weighted by atomic mass is 10.1. The van der Waals surface area contributed by atoms with Crippen LogP contribution in [0.25, 0.3) is 4.85 Å². The van der Waals surface area contributed by atoms with Crippen molar-refractivity contribution in [1.29, 1.82) is 0 Å². The smallest absolute Gasteiger partial charge is 0.341 e. The Balaban J connectivity index is 2.17. The second kappa shape index (κ2) is 6.56. The van der Waals surface area contributed by atoms with Crippen LogP contribution < -0.4 is 4.74 Å². The molecule has 146 valence electrons. The fourth-order valence-electron chi connectivity index (χ4n) is 2.71. The van der Waals surface area contributed by atoms with Gasteiger partial charge in [-0.25, -0.2) is 17.7 Å². The van der Waals surface area contributed by atoms with Crippen molar-refractivity contribution in [1.82, 2.24) is 0 Å². The quantitative estimate of drug-likeness (QED) is 0.541. The maximum Gasteiger partial charge on any atom is 0.341 e. The maximum atomic E-state index is 13.9. The predicted molar refractivity (Wildman–Crippen MR) is 85.3 cm³/mol. The van der Waals surface area contributed by atoms with Crippen molar-refractivity contribution in [2.75, 3.05) is 0 Å². The van der Waals surface area contributed by atoms with Gasteiger partial charge in [0.15, 0.2) is 0 Å². The van der Waals surface area contributed by atoms with Crippen molar-refractivity contribution < 1.29 is 39.9 Å². The molecule has 0 atom stereocenters. The van der Waals surface area contributed by atoms with Crippen LogP contribution in [0.15, 0.2) is 35.2 Å². The van der Waals surface area contributed by atoms with Gasteiger partial charge >= 0.3 is 11.7 Å². The normalized spacial score (nSPS) is 15.4. The minimum absolute atomic E-state index is 0.151. The summed E-state index contributed by atoms with van der Waals surface area (Å²) in [7, 11) is -5.32. The van der Waals surface area contributed by atoms with Crippen LogP contribution in [0.1, 0.15) is 15.9 Å². The van der Waals surface area contributed by atoms with E-state index in [2.05, 4.69) is 4.85 Å². The number of carbonyl (C=O) groups excluding carboxylic acids is 1. The third kappa shape index (κ3) is 3.09. The van der Waals surface area contributed by atoms with E-state index >= 15 is 0 Å². The number of hydrogen-bond acceptors (Lipinski definition) is 4. The van der Waals surface area contributed by atoms with E-state index in [0.29, 0.717) is 6.07 Å². The van der Waals surface area contributed by atoms with Crippen molar-refractivity contribution in [3.63, 3.8) is 0 Å². The number of hydrogen-bond donors (Lipinski definition) is 0. The highest BCUT2D eigenvalue weighted by Gasteiger charge is 2.51. The minimum atomic E-state index is -5.32. The molecule has 0 heterocycles. The molecule has 2 aromatic carbocycles. The standard InChI is InChI=1S/C17H8F5NO4S/c1-23-11-6-8(2-3-10(11)18)27-12-4-5-13(28(25,26)16(19)20)14-9(12)7-17(21,22)15(14)24/h2-6,16H,7H2. The lowest BCUT2D eigenvalue weighted by Gasteiger charge is -2.13. The average molecular weight is 417 g/mol. The number of halogens is 5. The van der Waals surface area contributed by atoms with Gasteiger partial charge < -0.3 is 4.74 Å². The summed E-state index contributed by atoms with van der Waals surface area (Å²) >= 11 is 0. The molecule has 0 spiro atoms. The van der Waals surface area contributed by atoms with Gasteiger partial charge in [-0.05, 0) is 30.3 Å². The van der Waals surface area contributed by atoms with E-state index in [1.165, 1.54) is 0 Å². The molecule has 0 aromatic heterocycles. The minimum Gasteiger partial charge on any atom is -0.458 e. The molecule has 28 heavy (non-hydrogen) atoms. The summed E-state index contributed by atoms with van der Waals surface area (Å²) in [6.07, 6.45) is -1.25. The SMILES string of the molecule is [C-]#[N+]c1cc(Oc2ccc(S(=O)(=O)C(F)F)c3c2CC(F)(F)C3=O)ccc1F. The summed E-state index contributed by atoms with van der Waals surface area (Å²) in [5, 5.41) is 0. The van der Waals surface area contributed by atoms with Crippen molar-refractivity contribution >= 4 is 21.3 Å². The molecule has 11 heteroatoms. The highest BCUT2D eigenvalue weighted by molar-refractivity contribution is 7.91. The Bertz CT molecular complexity index is 1140. The molecule has 0 amide bonds. The molecule has 0 fully saturated rings.